The smallest absolute Gasteiger partial charge is 0.244 e. The van der Waals surface area contributed by atoms with Crippen LogP contribution >= 0.6 is 27.3 Å². The fraction of sp³-hybridized carbons (Fsp3) is 0.462. The minimum atomic E-state index is 0.0210. The number of rotatable bonds is 4. The minimum Gasteiger partial charge on any atom is -0.337 e. The Morgan fingerprint density at radius 1 is 1.55 bits per heavy atom. The lowest BCUT2D eigenvalue weighted by atomic mass is 10.2. The molecule has 0 N–H and O–H groups in total. The van der Waals surface area contributed by atoms with Gasteiger partial charge in [0, 0.05) is 18.1 Å². The van der Waals surface area contributed by atoms with E-state index < -0.39 is 0 Å². The SMILES string of the molecule is Cc1nc(C)c(C(C)N(C)C(=O)Cn2cc(Br)cn2)s1. The normalized spacial score (nSPS) is 12.4. The lowest BCUT2D eigenvalue weighted by molar-refractivity contribution is -0.132. The molecule has 1 amide bonds. The Kier molecular flexibility index (Phi) is 4.59. The van der Waals surface area contributed by atoms with Gasteiger partial charge in [-0.05, 0) is 36.7 Å². The van der Waals surface area contributed by atoms with E-state index in [1.165, 1.54) is 0 Å². The molecule has 1 atom stereocenters. The zero-order chi connectivity index (χ0) is 14.9. The maximum absolute atomic E-state index is 12.3. The predicted molar refractivity (Wildman–Crippen MR) is 82.7 cm³/mol. The molecule has 0 fully saturated rings. The van der Waals surface area contributed by atoms with Crippen molar-refractivity contribution in [3.05, 3.63) is 32.4 Å². The molecule has 1 unspecified atom stereocenters. The van der Waals surface area contributed by atoms with Crippen molar-refractivity contribution in [2.75, 3.05) is 7.05 Å². The summed E-state index contributed by atoms with van der Waals surface area (Å²) in [5.74, 6) is 0.0264. The average molecular weight is 357 g/mol. The Morgan fingerprint density at radius 3 is 2.75 bits per heavy atom. The van der Waals surface area contributed by atoms with Gasteiger partial charge in [0.1, 0.15) is 6.54 Å². The molecule has 2 aromatic heterocycles. The molecule has 2 heterocycles. The molecule has 0 aliphatic heterocycles. The highest BCUT2D eigenvalue weighted by atomic mass is 79.9. The highest BCUT2D eigenvalue weighted by molar-refractivity contribution is 9.10. The Hall–Kier alpha value is -1.21. The number of nitrogens with zero attached hydrogens (tertiary/aromatic N) is 4. The number of aryl methyl sites for hydroxylation is 2. The van der Waals surface area contributed by atoms with Gasteiger partial charge in [-0.25, -0.2) is 4.98 Å². The topological polar surface area (TPSA) is 51.0 Å². The number of aromatic nitrogens is 3. The molecule has 0 aliphatic carbocycles. The molecule has 108 valence electrons. The number of hydrogen-bond donors (Lipinski definition) is 0. The van der Waals surface area contributed by atoms with Crippen LogP contribution in [0.5, 0.6) is 0 Å². The molecule has 7 heteroatoms. The fourth-order valence-electron chi connectivity index (χ4n) is 2.00. The van der Waals surface area contributed by atoms with Crippen LogP contribution in [-0.4, -0.2) is 32.6 Å². The van der Waals surface area contributed by atoms with Crippen LogP contribution in [0.1, 0.15) is 28.5 Å². The van der Waals surface area contributed by atoms with E-state index in [-0.39, 0.29) is 18.5 Å². The van der Waals surface area contributed by atoms with Crippen LogP contribution in [0.4, 0.5) is 0 Å². The second kappa shape index (κ2) is 6.05. The van der Waals surface area contributed by atoms with E-state index >= 15 is 0 Å². The van der Waals surface area contributed by atoms with Gasteiger partial charge in [-0.2, -0.15) is 5.10 Å². The van der Waals surface area contributed by atoms with Crippen LogP contribution in [-0.2, 0) is 11.3 Å². The molecule has 0 spiro atoms. The quantitative estimate of drug-likeness (QED) is 0.846. The number of thiazole rings is 1. The summed E-state index contributed by atoms with van der Waals surface area (Å²) >= 11 is 4.97. The summed E-state index contributed by atoms with van der Waals surface area (Å²) in [6.45, 7) is 6.23. The van der Waals surface area contributed by atoms with Gasteiger partial charge in [0.05, 0.1) is 27.4 Å². The second-order valence-corrected chi connectivity index (χ2v) is 6.87. The number of hydrogen-bond acceptors (Lipinski definition) is 4. The van der Waals surface area contributed by atoms with Crippen molar-refractivity contribution in [1.29, 1.82) is 0 Å². The minimum absolute atomic E-state index is 0.0210. The monoisotopic (exact) mass is 356 g/mol. The molecule has 2 aromatic rings. The van der Waals surface area contributed by atoms with Crippen LogP contribution in [0.15, 0.2) is 16.9 Å². The van der Waals surface area contributed by atoms with Gasteiger partial charge in [-0.1, -0.05) is 0 Å². The van der Waals surface area contributed by atoms with Crippen molar-refractivity contribution in [2.45, 2.75) is 33.4 Å². The molecule has 0 saturated heterocycles. The van der Waals surface area contributed by atoms with E-state index in [1.807, 2.05) is 27.8 Å². The van der Waals surface area contributed by atoms with Crippen molar-refractivity contribution in [3.63, 3.8) is 0 Å². The molecule has 20 heavy (non-hydrogen) atoms. The van der Waals surface area contributed by atoms with Gasteiger partial charge in [-0.15, -0.1) is 11.3 Å². The van der Waals surface area contributed by atoms with Crippen LogP contribution in [0.2, 0.25) is 0 Å². The van der Waals surface area contributed by atoms with Crippen molar-refractivity contribution >= 4 is 33.2 Å². The maximum Gasteiger partial charge on any atom is 0.244 e. The first-order chi connectivity index (χ1) is 9.38. The van der Waals surface area contributed by atoms with Gasteiger partial charge >= 0.3 is 0 Å². The fourth-order valence-corrected chi connectivity index (χ4v) is 3.35. The summed E-state index contributed by atoms with van der Waals surface area (Å²) in [7, 11) is 1.82. The number of carbonyl (C=O) groups excluding carboxylic acids is 1. The molecule has 0 saturated carbocycles. The van der Waals surface area contributed by atoms with Gasteiger partial charge in [-0.3, -0.25) is 9.48 Å². The molecule has 0 radical (unpaired) electrons. The van der Waals surface area contributed by atoms with Gasteiger partial charge in [0.15, 0.2) is 0 Å². The number of halogens is 1. The average Bonchev–Trinajstić information content (AvgIpc) is 2.93. The third kappa shape index (κ3) is 3.27. The third-order valence-electron chi connectivity index (χ3n) is 3.19. The Labute approximate surface area is 130 Å². The Balaban J connectivity index is 2.08. The highest BCUT2D eigenvalue weighted by Crippen LogP contribution is 2.28. The first kappa shape index (κ1) is 15.2. The van der Waals surface area contributed by atoms with Crippen molar-refractivity contribution in [2.24, 2.45) is 0 Å². The van der Waals surface area contributed by atoms with E-state index in [2.05, 4.69) is 26.0 Å². The van der Waals surface area contributed by atoms with Crippen molar-refractivity contribution in [3.8, 4) is 0 Å². The van der Waals surface area contributed by atoms with Gasteiger partial charge < -0.3 is 4.90 Å². The van der Waals surface area contributed by atoms with Crippen LogP contribution < -0.4 is 0 Å². The summed E-state index contributed by atoms with van der Waals surface area (Å²) in [6.07, 6.45) is 3.46. The van der Waals surface area contributed by atoms with Crippen LogP contribution in [0.3, 0.4) is 0 Å². The molecule has 0 aliphatic rings. The Morgan fingerprint density at radius 2 is 2.25 bits per heavy atom. The summed E-state index contributed by atoms with van der Waals surface area (Å²) in [4.78, 5) is 19.6. The standard InChI is InChI=1S/C13H17BrN4OS/c1-8-13(20-10(3)16-8)9(2)17(4)12(19)7-18-6-11(14)5-15-18/h5-6,9H,7H2,1-4H3. The van der Waals surface area contributed by atoms with Crippen molar-refractivity contribution in [1.82, 2.24) is 19.7 Å². The largest absolute Gasteiger partial charge is 0.337 e. The van der Waals surface area contributed by atoms with E-state index in [4.69, 9.17) is 0 Å². The molecular formula is C13H17BrN4OS. The molecule has 2 rings (SSSR count). The Bertz CT molecular complexity index is 622. The van der Waals surface area contributed by atoms with E-state index in [0.717, 1.165) is 20.1 Å². The zero-order valence-corrected chi connectivity index (χ0v) is 14.3. The molecule has 0 bridgehead atoms. The van der Waals surface area contributed by atoms with Crippen molar-refractivity contribution < 1.29 is 4.79 Å². The van der Waals surface area contributed by atoms with Gasteiger partial charge in [0.25, 0.3) is 0 Å². The molecule has 5 nitrogen and oxygen atoms in total. The zero-order valence-electron chi connectivity index (χ0n) is 11.9. The summed E-state index contributed by atoms with van der Waals surface area (Å²) < 4.78 is 2.50. The summed E-state index contributed by atoms with van der Waals surface area (Å²) in [6, 6.07) is 0.0210. The number of carbonyl (C=O) groups is 1. The second-order valence-electron chi connectivity index (χ2n) is 4.72. The van der Waals surface area contributed by atoms with Crippen LogP contribution in [0.25, 0.3) is 0 Å². The third-order valence-corrected chi connectivity index (χ3v) is 4.84. The summed E-state index contributed by atoms with van der Waals surface area (Å²) in [5, 5.41) is 5.13. The lowest BCUT2D eigenvalue weighted by Gasteiger charge is -2.24. The molecular weight excluding hydrogens is 340 g/mol. The first-order valence-corrected chi connectivity index (χ1v) is 7.87. The summed E-state index contributed by atoms with van der Waals surface area (Å²) in [5.41, 5.74) is 1.00. The van der Waals surface area contributed by atoms with Crippen LogP contribution in [0, 0.1) is 13.8 Å². The maximum atomic E-state index is 12.3. The predicted octanol–water partition coefficient (Wildman–Crippen LogP) is 2.94. The number of likely N-dealkylation sites (N-methyl/N-ethyl adjacent to an activating group) is 1. The first-order valence-electron chi connectivity index (χ1n) is 6.26. The van der Waals surface area contributed by atoms with E-state index in [1.54, 1.807) is 33.3 Å². The molecule has 0 aromatic carbocycles. The van der Waals surface area contributed by atoms with E-state index in [9.17, 15) is 4.79 Å². The lowest BCUT2D eigenvalue weighted by Crippen LogP contribution is -2.32. The van der Waals surface area contributed by atoms with Gasteiger partial charge in [0.2, 0.25) is 5.91 Å². The number of amides is 1. The highest BCUT2D eigenvalue weighted by Gasteiger charge is 2.21. The van der Waals surface area contributed by atoms with E-state index in [0.29, 0.717) is 0 Å².